The largest absolute Gasteiger partial charge is 0.393 e. The van der Waals surface area contributed by atoms with Gasteiger partial charge in [-0.3, -0.25) is 9.78 Å². The molecule has 0 bridgehead atoms. The van der Waals surface area contributed by atoms with Gasteiger partial charge in [-0.15, -0.1) is 0 Å². The molecule has 4 N–H and O–H groups in total. The minimum Gasteiger partial charge on any atom is -0.393 e. The lowest BCUT2D eigenvalue weighted by Crippen LogP contribution is -2.29. The van der Waals surface area contributed by atoms with Crippen LogP contribution in [0.15, 0.2) is 41.7 Å². The van der Waals surface area contributed by atoms with Gasteiger partial charge >= 0.3 is 0 Å². The number of fused-ring (bicyclic) bond motifs is 1. The van der Waals surface area contributed by atoms with Crippen molar-refractivity contribution < 1.29 is 5.11 Å². The van der Waals surface area contributed by atoms with Crippen LogP contribution in [0.4, 0.5) is 17.5 Å². The number of aromatic amines is 1. The zero-order valence-corrected chi connectivity index (χ0v) is 14.1. The molecule has 0 amide bonds. The van der Waals surface area contributed by atoms with Gasteiger partial charge in [0.15, 0.2) is 0 Å². The average molecular weight is 352 g/mol. The second-order valence-electron chi connectivity index (χ2n) is 6.49. The summed E-state index contributed by atoms with van der Waals surface area (Å²) in [6.07, 6.45) is 9.40. The van der Waals surface area contributed by atoms with Crippen molar-refractivity contribution >= 4 is 28.2 Å². The van der Waals surface area contributed by atoms with Crippen LogP contribution in [0, 0.1) is 0 Å². The number of nitrogens with one attached hydrogen (secondary N) is 3. The predicted octanol–water partition coefficient (Wildman–Crippen LogP) is 2.17. The fourth-order valence-electron chi connectivity index (χ4n) is 3.29. The summed E-state index contributed by atoms with van der Waals surface area (Å²) in [5.74, 6) is 1.70. The Morgan fingerprint density at radius 3 is 2.77 bits per heavy atom. The molecule has 3 aromatic rings. The molecule has 0 aliphatic heterocycles. The smallest absolute Gasteiger partial charge is 0.259 e. The molecular weight excluding hydrogens is 332 g/mol. The van der Waals surface area contributed by atoms with Crippen molar-refractivity contribution in [2.24, 2.45) is 0 Å². The third-order valence-electron chi connectivity index (χ3n) is 4.61. The standard InChI is InChI=1S/C18H20N6O2/c25-13-3-1-12(2-4-13)22-17-16-11(5-6-21-18(16)26)9-14(24-17)23-15-10-19-7-8-20-15/h5-10,12-13,25H,1-4H2,(H,21,26)(H2,20,22,23,24). The summed E-state index contributed by atoms with van der Waals surface area (Å²) in [4.78, 5) is 27.9. The highest BCUT2D eigenvalue weighted by atomic mass is 16.3. The zero-order valence-electron chi connectivity index (χ0n) is 14.1. The summed E-state index contributed by atoms with van der Waals surface area (Å²) in [6.45, 7) is 0. The number of H-pyrrole nitrogens is 1. The van der Waals surface area contributed by atoms with E-state index in [1.807, 2.05) is 12.1 Å². The van der Waals surface area contributed by atoms with Crippen molar-refractivity contribution in [1.29, 1.82) is 0 Å². The molecule has 3 aromatic heterocycles. The highest BCUT2D eigenvalue weighted by Gasteiger charge is 2.21. The van der Waals surface area contributed by atoms with Crippen molar-refractivity contribution in [3.8, 4) is 0 Å². The SMILES string of the molecule is O=c1[nH]ccc2cc(Nc3cnccn3)nc(NC3CCC(O)CC3)c12. The zero-order chi connectivity index (χ0) is 17.9. The van der Waals surface area contributed by atoms with Crippen molar-refractivity contribution in [2.45, 2.75) is 37.8 Å². The van der Waals surface area contributed by atoms with E-state index in [0.717, 1.165) is 31.1 Å². The summed E-state index contributed by atoms with van der Waals surface area (Å²) in [6, 6.07) is 3.84. The first-order chi connectivity index (χ1) is 12.7. The van der Waals surface area contributed by atoms with Gasteiger partial charge in [-0.05, 0) is 43.2 Å². The number of nitrogens with zero attached hydrogens (tertiary/aromatic N) is 3. The van der Waals surface area contributed by atoms with Gasteiger partial charge in [0.25, 0.3) is 5.56 Å². The van der Waals surface area contributed by atoms with E-state index in [4.69, 9.17) is 0 Å². The van der Waals surface area contributed by atoms with Gasteiger partial charge in [0.1, 0.15) is 17.5 Å². The molecule has 0 radical (unpaired) electrons. The fraction of sp³-hybridized carbons (Fsp3) is 0.333. The first-order valence-corrected chi connectivity index (χ1v) is 8.69. The molecule has 1 aliphatic rings. The Bertz CT molecular complexity index is 951. The topological polar surface area (TPSA) is 116 Å². The Morgan fingerprint density at radius 2 is 2.00 bits per heavy atom. The maximum absolute atomic E-state index is 12.3. The van der Waals surface area contributed by atoms with Crippen LogP contribution in [0.2, 0.25) is 0 Å². The van der Waals surface area contributed by atoms with Gasteiger partial charge in [-0.1, -0.05) is 0 Å². The normalized spacial score (nSPS) is 20.0. The first-order valence-electron chi connectivity index (χ1n) is 8.69. The lowest BCUT2D eigenvalue weighted by Gasteiger charge is -2.27. The Balaban J connectivity index is 1.70. The quantitative estimate of drug-likeness (QED) is 0.569. The summed E-state index contributed by atoms with van der Waals surface area (Å²) in [5.41, 5.74) is -0.181. The third-order valence-corrected chi connectivity index (χ3v) is 4.61. The molecule has 0 unspecified atom stereocenters. The van der Waals surface area contributed by atoms with Crippen LogP contribution in [0.25, 0.3) is 10.8 Å². The number of aliphatic hydroxyl groups is 1. The molecule has 0 spiro atoms. The van der Waals surface area contributed by atoms with Crippen LogP contribution in [-0.2, 0) is 0 Å². The molecule has 1 saturated carbocycles. The third kappa shape index (κ3) is 3.50. The molecule has 1 fully saturated rings. The maximum atomic E-state index is 12.3. The summed E-state index contributed by atoms with van der Waals surface area (Å²) >= 11 is 0. The minimum absolute atomic E-state index is 0.181. The van der Waals surface area contributed by atoms with E-state index in [1.165, 1.54) is 0 Å². The summed E-state index contributed by atoms with van der Waals surface area (Å²) in [7, 11) is 0. The highest BCUT2D eigenvalue weighted by Crippen LogP contribution is 2.27. The van der Waals surface area contributed by atoms with Gasteiger partial charge in [-0.25, -0.2) is 9.97 Å². The number of pyridine rings is 2. The van der Waals surface area contributed by atoms with Crippen molar-refractivity contribution in [2.75, 3.05) is 10.6 Å². The Labute approximate surface area is 149 Å². The Kier molecular flexibility index (Phi) is 4.49. The number of aliphatic hydroxyl groups excluding tert-OH is 1. The van der Waals surface area contributed by atoms with Crippen LogP contribution in [0.1, 0.15) is 25.7 Å². The molecule has 8 heteroatoms. The molecule has 4 rings (SSSR count). The van der Waals surface area contributed by atoms with E-state index in [9.17, 15) is 9.90 Å². The fourth-order valence-corrected chi connectivity index (χ4v) is 3.29. The molecule has 3 heterocycles. The predicted molar refractivity (Wildman–Crippen MR) is 99.6 cm³/mol. The molecule has 134 valence electrons. The van der Waals surface area contributed by atoms with Gasteiger partial charge in [0.05, 0.1) is 17.7 Å². The monoisotopic (exact) mass is 352 g/mol. The van der Waals surface area contributed by atoms with Crippen molar-refractivity contribution in [1.82, 2.24) is 19.9 Å². The average Bonchev–Trinajstić information content (AvgIpc) is 2.64. The number of anilines is 3. The van der Waals surface area contributed by atoms with Crippen molar-refractivity contribution in [3.05, 3.63) is 47.3 Å². The molecule has 0 aromatic carbocycles. The van der Waals surface area contributed by atoms with E-state index in [1.54, 1.807) is 24.8 Å². The van der Waals surface area contributed by atoms with Crippen LogP contribution in [-0.4, -0.2) is 37.2 Å². The minimum atomic E-state index is -0.231. The van der Waals surface area contributed by atoms with Gasteiger partial charge < -0.3 is 20.7 Å². The van der Waals surface area contributed by atoms with Gasteiger partial charge in [-0.2, -0.15) is 0 Å². The van der Waals surface area contributed by atoms with E-state index < -0.39 is 0 Å². The Morgan fingerprint density at radius 1 is 1.15 bits per heavy atom. The summed E-state index contributed by atoms with van der Waals surface area (Å²) < 4.78 is 0. The van der Waals surface area contributed by atoms with Crippen LogP contribution in [0.3, 0.4) is 0 Å². The van der Waals surface area contributed by atoms with E-state index in [0.29, 0.717) is 22.8 Å². The van der Waals surface area contributed by atoms with Crippen molar-refractivity contribution in [3.63, 3.8) is 0 Å². The highest BCUT2D eigenvalue weighted by molar-refractivity contribution is 5.93. The molecule has 1 aliphatic carbocycles. The molecule has 8 nitrogen and oxygen atoms in total. The lowest BCUT2D eigenvalue weighted by atomic mass is 9.93. The van der Waals surface area contributed by atoms with Crippen LogP contribution < -0.4 is 16.2 Å². The number of hydrogen-bond donors (Lipinski definition) is 4. The van der Waals surface area contributed by atoms with Crippen LogP contribution in [0.5, 0.6) is 0 Å². The number of aromatic nitrogens is 4. The number of hydrogen-bond acceptors (Lipinski definition) is 7. The number of rotatable bonds is 4. The van der Waals surface area contributed by atoms with Gasteiger partial charge in [0, 0.05) is 24.6 Å². The van der Waals surface area contributed by atoms with E-state index >= 15 is 0 Å². The summed E-state index contributed by atoms with van der Waals surface area (Å²) in [5, 5.41) is 17.5. The Hall–Kier alpha value is -3.00. The molecule has 0 saturated heterocycles. The van der Waals surface area contributed by atoms with E-state index in [2.05, 4.69) is 30.6 Å². The van der Waals surface area contributed by atoms with E-state index in [-0.39, 0.29) is 17.7 Å². The first kappa shape index (κ1) is 16.5. The molecular formula is C18H20N6O2. The lowest BCUT2D eigenvalue weighted by molar-refractivity contribution is 0.126. The molecule has 0 atom stereocenters. The maximum Gasteiger partial charge on any atom is 0.259 e. The second kappa shape index (κ2) is 7.09. The second-order valence-corrected chi connectivity index (χ2v) is 6.49. The van der Waals surface area contributed by atoms with Gasteiger partial charge in [0.2, 0.25) is 0 Å². The molecule has 26 heavy (non-hydrogen) atoms. The van der Waals surface area contributed by atoms with Crippen LogP contribution >= 0.6 is 0 Å².